The van der Waals surface area contributed by atoms with Crippen molar-refractivity contribution in [2.24, 2.45) is 5.73 Å². The zero-order valence-electron chi connectivity index (χ0n) is 8.24. The van der Waals surface area contributed by atoms with E-state index >= 15 is 0 Å². The fourth-order valence-electron chi connectivity index (χ4n) is 2.24. The summed E-state index contributed by atoms with van der Waals surface area (Å²) in [7, 11) is 0. The normalized spacial score (nSPS) is 25.4. The monoisotopic (exact) mass is 184 g/mol. The van der Waals surface area contributed by atoms with Crippen molar-refractivity contribution in [2.75, 3.05) is 26.3 Å². The fraction of sp³-hybridized carbons (Fsp3) is 1.00. The van der Waals surface area contributed by atoms with Gasteiger partial charge in [0.25, 0.3) is 0 Å². The summed E-state index contributed by atoms with van der Waals surface area (Å²) >= 11 is 0. The average molecular weight is 184 g/mol. The van der Waals surface area contributed by atoms with E-state index in [1.165, 1.54) is 25.7 Å². The number of nitrogens with two attached hydrogens (primary N) is 1. The number of nitrogens with zero attached hydrogens (tertiary/aromatic N) is 1. The first-order valence-electron chi connectivity index (χ1n) is 5.45. The second-order valence-electron chi connectivity index (χ2n) is 4.10. The van der Waals surface area contributed by atoms with E-state index in [-0.39, 0.29) is 0 Å². The molecule has 13 heavy (non-hydrogen) atoms. The summed E-state index contributed by atoms with van der Waals surface area (Å²) in [5.41, 5.74) is 5.63. The Bertz CT molecular complexity index is 153. The molecule has 0 bridgehead atoms. The lowest BCUT2D eigenvalue weighted by Crippen LogP contribution is -2.43. The fourth-order valence-corrected chi connectivity index (χ4v) is 2.24. The van der Waals surface area contributed by atoms with Crippen molar-refractivity contribution >= 4 is 0 Å². The third kappa shape index (κ3) is 2.42. The molecule has 2 fully saturated rings. The Balaban J connectivity index is 1.84. The topological polar surface area (TPSA) is 38.5 Å². The van der Waals surface area contributed by atoms with Gasteiger partial charge in [0.1, 0.15) is 0 Å². The third-order valence-corrected chi connectivity index (χ3v) is 3.06. The zero-order chi connectivity index (χ0) is 9.10. The molecule has 1 aliphatic carbocycles. The van der Waals surface area contributed by atoms with Crippen LogP contribution in [0.4, 0.5) is 0 Å². The molecule has 0 atom stereocenters. The Morgan fingerprint density at radius 1 is 1.08 bits per heavy atom. The van der Waals surface area contributed by atoms with E-state index in [9.17, 15) is 0 Å². The molecule has 1 aliphatic heterocycles. The van der Waals surface area contributed by atoms with Crippen molar-refractivity contribution in [1.29, 1.82) is 0 Å². The van der Waals surface area contributed by atoms with Crippen LogP contribution in [0.2, 0.25) is 0 Å². The van der Waals surface area contributed by atoms with Crippen molar-refractivity contribution in [2.45, 2.75) is 37.8 Å². The summed E-state index contributed by atoms with van der Waals surface area (Å²) in [5, 5.41) is 0. The molecule has 0 amide bonds. The summed E-state index contributed by atoms with van der Waals surface area (Å²) in [6.07, 6.45) is 5.18. The molecular weight excluding hydrogens is 164 g/mol. The molecule has 2 rings (SSSR count). The quantitative estimate of drug-likeness (QED) is 0.695. The van der Waals surface area contributed by atoms with Crippen LogP contribution in [0.3, 0.4) is 0 Å². The maximum absolute atomic E-state index is 5.63. The molecule has 0 spiro atoms. The van der Waals surface area contributed by atoms with Crippen LogP contribution in [0.5, 0.6) is 0 Å². The van der Waals surface area contributed by atoms with Gasteiger partial charge in [-0.2, -0.15) is 0 Å². The largest absolute Gasteiger partial charge is 0.381 e. The van der Waals surface area contributed by atoms with Gasteiger partial charge in [0, 0.05) is 38.4 Å². The Morgan fingerprint density at radius 3 is 2.23 bits per heavy atom. The van der Waals surface area contributed by atoms with Crippen LogP contribution in [-0.2, 0) is 4.74 Å². The molecule has 0 aromatic rings. The second-order valence-corrected chi connectivity index (χ2v) is 4.10. The highest BCUT2D eigenvalue weighted by atomic mass is 16.5. The lowest BCUT2D eigenvalue weighted by Gasteiger charge is -2.34. The van der Waals surface area contributed by atoms with E-state index in [1.807, 2.05) is 0 Å². The molecule has 0 aromatic carbocycles. The minimum absolute atomic E-state index is 0.754. The number of hydrogen-bond donors (Lipinski definition) is 1. The van der Waals surface area contributed by atoms with Crippen LogP contribution >= 0.6 is 0 Å². The van der Waals surface area contributed by atoms with E-state index in [0.717, 1.165) is 38.4 Å². The first kappa shape index (κ1) is 9.44. The molecule has 1 saturated carbocycles. The molecular formula is C10H20N2O. The molecule has 1 heterocycles. The summed E-state index contributed by atoms with van der Waals surface area (Å²) < 4.78 is 5.37. The van der Waals surface area contributed by atoms with Crippen molar-refractivity contribution in [3.63, 3.8) is 0 Å². The highest BCUT2D eigenvalue weighted by Gasteiger charge is 2.33. The van der Waals surface area contributed by atoms with Gasteiger partial charge >= 0.3 is 0 Å². The lowest BCUT2D eigenvalue weighted by molar-refractivity contribution is 0.0320. The number of rotatable bonds is 4. The van der Waals surface area contributed by atoms with Crippen molar-refractivity contribution in [1.82, 2.24) is 4.90 Å². The zero-order valence-corrected chi connectivity index (χ0v) is 8.24. The maximum atomic E-state index is 5.63. The highest BCUT2D eigenvalue weighted by Crippen LogP contribution is 2.30. The Hall–Kier alpha value is -0.120. The summed E-state index contributed by atoms with van der Waals surface area (Å²) in [4.78, 5) is 2.61. The van der Waals surface area contributed by atoms with Crippen molar-refractivity contribution < 1.29 is 4.74 Å². The van der Waals surface area contributed by atoms with E-state index in [1.54, 1.807) is 0 Å². The van der Waals surface area contributed by atoms with Gasteiger partial charge in [-0.05, 0) is 25.7 Å². The first-order chi connectivity index (χ1) is 6.42. The van der Waals surface area contributed by atoms with Gasteiger partial charge in [-0.25, -0.2) is 0 Å². The van der Waals surface area contributed by atoms with Gasteiger partial charge in [-0.15, -0.1) is 0 Å². The summed E-state index contributed by atoms with van der Waals surface area (Å²) in [6.45, 7) is 3.76. The van der Waals surface area contributed by atoms with Gasteiger partial charge in [0.15, 0.2) is 0 Å². The maximum Gasteiger partial charge on any atom is 0.0480 e. The molecule has 0 radical (unpaired) electrons. The SMILES string of the molecule is NCCN(C1CCOCC1)C1CC1. The molecule has 76 valence electrons. The van der Waals surface area contributed by atoms with Crippen LogP contribution in [0.1, 0.15) is 25.7 Å². The second kappa shape index (κ2) is 4.40. The van der Waals surface area contributed by atoms with Crippen LogP contribution in [0, 0.1) is 0 Å². The average Bonchev–Trinajstić information content (AvgIpc) is 2.99. The summed E-state index contributed by atoms with van der Waals surface area (Å²) in [6, 6.07) is 1.61. The van der Waals surface area contributed by atoms with Crippen LogP contribution in [0.15, 0.2) is 0 Å². The first-order valence-corrected chi connectivity index (χ1v) is 5.45. The molecule has 0 unspecified atom stereocenters. The molecule has 2 aliphatic rings. The Kier molecular flexibility index (Phi) is 3.19. The van der Waals surface area contributed by atoms with Gasteiger partial charge in [-0.3, -0.25) is 4.90 Å². The van der Waals surface area contributed by atoms with Crippen molar-refractivity contribution in [3.8, 4) is 0 Å². The molecule has 2 N–H and O–H groups in total. The predicted octanol–water partition coefficient (Wildman–Crippen LogP) is 0.588. The van der Waals surface area contributed by atoms with Gasteiger partial charge in [0.2, 0.25) is 0 Å². The number of ether oxygens (including phenoxy) is 1. The van der Waals surface area contributed by atoms with Gasteiger partial charge in [-0.1, -0.05) is 0 Å². The molecule has 1 saturated heterocycles. The van der Waals surface area contributed by atoms with E-state index in [4.69, 9.17) is 10.5 Å². The van der Waals surface area contributed by atoms with Gasteiger partial charge in [0.05, 0.1) is 0 Å². The van der Waals surface area contributed by atoms with Crippen molar-refractivity contribution in [3.05, 3.63) is 0 Å². The number of hydrogen-bond acceptors (Lipinski definition) is 3. The minimum atomic E-state index is 0.754. The standard InChI is InChI=1S/C10H20N2O/c11-5-6-12(9-1-2-9)10-3-7-13-8-4-10/h9-10H,1-8,11H2. The Morgan fingerprint density at radius 2 is 1.69 bits per heavy atom. The van der Waals surface area contributed by atoms with Crippen LogP contribution in [-0.4, -0.2) is 43.3 Å². The van der Waals surface area contributed by atoms with Crippen LogP contribution in [0.25, 0.3) is 0 Å². The lowest BCUT2D eigenvalue weighted by atomic mass is 10.1. The predicted molar refractivity (Wildman–Crippen MR) is 52.6 cm³/mol. The molecule has 0 aromatic heterocycles. The molecule has 3 nitrogen and oxygen atoms in total. The highest BCUT2D eigenvalue weighted by molar-refractivity contribution is 4.89. The Labute approximate surface area is 80.2 Å². The van der Waals surface area contributed by atoms with E-state index in [2.05, 4.69) is 4.90 Å². The van der Waals surface area contributed by atoms with E-state index in [0.29, 0.717) is 0 Å². The van der Waals surface area contributed by atoms with Crippen LogP contribution < -0.4 is 5.73 Å². The smallest absolute Gasteiger partial charge is 0.0480 e. The third-order valence-electron chi connectivity index (χ3n) is 3.06. The molecule has 3 heteroatoms. The van der Waals surface area contributed by atoms with E-state index < -0.39 is 0 Å². The van der Waals surface area contributed by atoms with Gasteiger partial charge < -0.3 is 10.5 Å². The summed E-state index contributed by atoms with van der Waals surface area (Å²) in [5.74, 6) is 0. The minimum Gasteiger partial charge on any atom is -0.381 e.